The maximum Gasteiger partial charge on any atom is 0.243 e. The summed E-state index contributed by atoms with van der Waals surface area (Å²) in [6.45, 7) is 5.84. The minimum Gasteiger partial charge on any atom is -0.350 e. The van der Waals surface area contributed by atoms with Crippen molar-refractivity contribution in [1.29, 1.82) is 0 Å². The van der Waals surface area contributed by atoms with E-state index in [1.807, 2.05) is 69.3 Å². The van der Waals surface area contributed by atoms with Gasteiger partial charge in [-0.2, -0.15) is 0 Å². The van der Waals surface area contributed by atoms with Gasteiger partial charge in [0.2, 0.25) is 23.6 Å². The first kappa shape index (κ1) is 28.6. The van der Waals surface area contributed by atoms with Crippen molar-refractivity contribution >= 4 is 35.2 Å². The number of likely N-dealkylation sites (tertiary alicyclic amines) is 1. The predicted molar refractivity (Wildman–Crippen MR) is 151 cm³/mol. The lowest BCUT2D eigenvalue weighted by Gasteiger charge is -2.34. The molecule has 206 valence electrons. The second-order valence-electron chi connectivity index (χ2n) is 11.3. The number of carbonyl (C=O) groups excluding carboxylic acids is 4. The summed E-state index contributed by atoms with van der Waals surface area (Å²) < 4.78 is 0. The van der Waals surface area contributed by atoms with Crippen molar-refractivity contribution in [3.8, 4) is 0 Å². The highest BCUT2D eigenvalue weighted by molar-refractivity contribution is 6.30. The van der Waals surface area contributed by atoms with Crippen LogP contribution < -0.4 is 5.32 Å². The van der Waals surface area contributed by atoms with Crippen LogP contribution in [0.1, 0.15) is 51.2 Å². The fraction of sp³-hybridized carbons (Fsp3) is 0.419. The molecule has 2 aliphatic rings. The van der Waals surface area contributed by atoms with Gasteiger partial charge in [0.15, 0.2) is 0 Å². The molecule has 1 fully saturated rings. The Labute approximate surface area is 235 Å². The highest BCUT2D eigenvalue weighted by atomic mass is 35.5. The molecule has 1 saturated heterocycles. The number of allylic oxidation sites excluding steroid dienone is 2. The van der Waals surface area contributed by atoms with Gasteiger partial charge in [-0.3, -0.25) is 24.1 Å². The molecule has 4 rings (SSSR count). The number of hydrogen-bond acceptors (Lipinski definition) is 4. The number of imide groups is 1. The molecule has 2 aromatic carbocycles. The number of halogens is 1. The molecule has 0 bridgehead atoms. The third-order valence-corrected chi connectivity index (χ3v) is 7.39. The molecular weight excluding hydrogens is 514 g/mol. The minimum absolute atomic E-state index is 0.00546. The Balaban J connectivity index is 1.60. The zero-order valence-electron chi connectivity index (χ0n) is 22.7. The second-order valence-corrected chi connectivity index (χ2v) is 11.8. The van der Waals surface area contributed by atoms with E-state index in [-0.39, 0.29) is 55.0 Å². The summed E-state index contributed by atoms with van der Waals surface area (Å²) in [6, 6.07) is 15.9. The number of hydrogen-bond donors (Lipinski definition) is 1. The largest absolute Gasteiger partial charge is 0.350 e. The van der Waals surface area contributed by atoms with Crippen molar-refractivity contribution in [3.05, 3.63) is 82.9 Å². The number of benzene rings is 2. The molecule has 8 heteroatoms. The van der Waals surface area contributed by atoms with E-state index in [1.54, 1.807) is 23.1 Å². The summed E-state index contributed by atoms with van der Waals surface area (Å²) in [6.07, 6.45) is 5.22. The fourth-order valence-corrected chi connectivity index (χ4v) is 5.49. The summed E-state index contributed by atoms with van der Waals surface area (Å²) in [4.78, 5) is 56.2. The molecule has 7 nitrogen and oxygen atoms in total. The SMILES string of the molecule is CC(C)(C)NC(=O)C(Cc1ccccc1)N(Cc1cccc(Cl)c1)C(=O)CCN1C(=O)[C@H]2CC=CC[C@H]2C1=O. The van der Waals surface area contributed by atoms with E-state index in [9.17, 15) is 19.2 Å². The number of carbonyl (C=O) groups is 4. The Morgan fingerprint density at radius 3 is 2.18 bits per heavy atom. The molecular formula is C31H36ClN3O4. The first-order chi connectivity index (χ1) is 18.5. The smallest absolute Gasteiger partial charge is 0.243 e. The van der Waals surface area contributed by atoms with E-state index in [2.05, 4.69) is 5.32 Å². The Kier molecular flexibility index (Phi) is 8.90. The van der Waals surface area contributed by atoms with Gasteiger partial charge in [-0.25, -0.2) is 0 Å². The number of amides is 4. The monoisotopic (exact) mass is 549 g/mol. The van der Waals surface area contributed by atoms with Gasteiger partial charge in [0.1, 0.15) is 6.04 Å². The third-order valence-electron chi connectivity index (χ3n) is 7.16. The van der Waals surface area contributed by atoms with Gasteiger partial charge in [-0.1, -0.05) is 66.2 Å². The lowest BCUT2D eigenvalue weighted by atomic mass is 9.85. The Bertz CT molecular complexity index is 1230. The lowest BCUT2D eigenvalue weighted by Crippen LogP contribution is -2.54. The Morgan fingerprint density at radius 2 is 1.59 bits per heavy atom. The molecule has 1 heterocycles. The summed E-state index contributed by atoms with van der Waals surface area (Å²) in [5, 5.41) is 3.56. The van der Waals surface area contributed by atoms with Gasteiger partial charge >= 0.3 is 0 Å². The van der Waals surface area contributed by atoms with E-state index in [1.165, 1.54) is 4.90 Å². The predicted octanol–water partition coefficient (Wildman–Crippen LogP) is 4.54. The molecule has 2 aromatic rings. The molecule has 3 atom stereocenters. The van der Waals surface area contributed by atoms with Crippen LogP contribution in [0, 0.1) is 11.8 Å². The fourth-order valence-electron chi connectivity index (χ4n) is 5.28. The van der Waals surface area contributed by atoms with Crippen LogP contribution in [-0.2, 0) is 32.1 Å². The quantitative estimate of drug-likeness (QED) is 0.367. The third kappa shape index (κ3) is 7.15. The zero-order chi connectivity index (χ0) is 28.2. The Hall–Kier alpha value is -3.45. The molecule has 1 N–H and O–H groups in total. The van der Waals surface area contributed by atoms with E-state index in [0.29, 0.717) is 24.3 Å². The van der Waals surface area contributed by atoms with Crippen molar-refractivity contribution in [3.63, 3.8) is 0 Å². The van der Waals surface area contributed by atoms with Gasteiger partial charge in [-0.05, 0) is 56.9 Å². The average Bonchev–Trinajstić information content (AvgIpc) is 3.13. The van der Waals surface area contributed by atoms with Crippen LogP contribution >= 0.6 is 11.6 Å². The van der Waals surface area contributed by atoms with Crippen LogP contribution in [0.4, 0.5) is 0 Å². The van der Waals surface area contributed by atoms with Crippen molar-refractivity contribution in [2.45, 2.75) is 64.6 Å². The van der Waals surface area contributed by atoms with Gasteiger partial charge in [0, 0.05) is 36.5 Å². The van der Waals surface area contributed by atoms with Gasteiger partial charge in [-0.15, -0.1) is 0 Å². The first-order valence-electron chi connectivity index (χ1n) is 13.4. The molecule has 4 amide bonds. The van der Waals surface area contributed by atoms with Crippen LogP contribution in [0.3, 0.4) is 0 Å². The van der Waals surface area contributed by atoms with E-state index >= 15 is 0 Å². The molecule has 0 spiro atoms. The Morgan fingerprint density at radius 1 is 0.974 bits per heavy atom. The zero-order valence-corrected chi connectivity index (χ0v) is 23.5. The number of rotatable bonds is 9. The van der Waals surface area contributed by atoms with Crippen LogP contribution in [0.5, 0.6) is 0 Å². The number of nitrogens with one attached hydrogen (secondary N) is 1. The van der Waals surface area contributed by atoms with Crippen LogP contribution in [0.15, 0.2) is 66.7 Å². The van der Waals surface area contributed by atoms with Crippen molar-refractivity contribution in [1.82, 2.24) is 15.1 Å². The normalized spacial score (nSPS) is 19.5. The summed E-state index contributed by atoms with van der Waals surface area (Å²) in [7, 11) is 0. The van der Waals surface area contributed by atoms with Gasteiger partial charge in [0.05, 0.1) is 11.8 Å². The molecule has 1 aliphatic heterocycles. The van der Waals surface area contributed by atoms with Crippen LogP contribution in [0.25, 0.3) is 0 Å². The molecule has 1 aliphatic carbocycles. The highest BCUT2D eigenvalue weighted by Crippen LogP contribution is 2.35. The molecule has 39 heavy (non-hydrogen) atoms. The summed E-state index contributed by atoms with van der Waals surface area (Å²) in [5.41, 5.74) is 1.19. The second kappa shape index (κ2) is 12.2. The molecule has 1 unspecified atom stereocenters. The van der Waals surface area contributed by atoms with Crippen LogP contribution in [0.2, 0.25) is 5.02 Å². The minimum atomic E-state index is -0.810. The van der Waals surface area contributed by atoms with Crippen molar-refractivity contribution < 1.29 is 19.2 Å². The van der Waals surface area contributed by atoms with Gasteiger partial charge < -0.3 is 10.2 Å². The summed E-state index contributed by atoms with van der Waals surface area (Å²) >= 11 is 6.24. The standard InChI is InChI=1S/C31H36ClN3O4/c1-31(2,3)33-28(37)26(19-21-10-5-4-6-11-21)35(20-22-12-9-13-23(32)18-22)27(36)16-17-34-29(38)24-14-7-8-15-25(24)30(34)39/h4-13,18,24-26H,14-17,19-20H2,1-3H3,(H,33,37)/t24-,25+,26?. The molecule has 0 radical (unpaired) electrons. The lowest BCUT2D eigenvalue weighted by molar-refractivity contribution is -0.144. The molecule has 0 saturated carbocycles. The van der Waals surface area contributed by atoms with E-state index in [0.717, 1.165) is 11.1 Å². The highest BCUT2D eigenvalue weighted by Gasteiger charge is 2.47. The van der Waals surface area contributed by atoms with E-state index in [4.69, 9.17) is 11.6 Å². The number of nitrogens with zero attached hydrogens (tertiary/aromatic N) is 2. The van der Waals surface area contributed by atoms with Crippen molar-refractivity contribution in [2.24, 2.45) is 11.8 Å². The van der Waals surface area contributed by atoms with Gasteiger partial charge in [0.25, 0.3) is 0 Å². The van der Waals surface area contributed by atoms with Crippen molar-refractivity contribution in [2.75, 3.05) is 6.54 Å². The maximum atomic E-state index is 13.9. The maximum absolute atomic E-state index is 13.9. The summed E-state index contributed by atoms with van der Waals surface area (Å²) in [5.74, 6) is -1.70. The topological polar surface area (TPSA) is 86.8 Å². The average molecular weight is 550 g/mol. The first-order valence-corrected chi connectivity index (χ1v) is 13.8. The number of fused-ring (bicyclic) bond motifs is 1. The van der Waals surface area contributed by atoms with Crippen LogP contribution in [-0.4, -0.2) is 51.6 Å². The van der Waals surface area contributed by atoms with E-state index < -0.39 is 11.6 Å². The molecule has 0 aromatic heterocycles.